The van der Waals surface area contributed by atoms with Gasteiger partial charge in [0.15, 0.2) is 11.2 Å². The molecule has 0 radical (unpaired) electrons. The summed E-state index contributed by atoms with van der Waals surface area (Å²) in [6, 6.07) is 18.6. The second-order valence-electron chi connectivity index (χ2n) is 7.70. The molecule has 5 heterocycles. The number of hydrogen-bond acceptors (Lipinski definition) is 6. The maximum absolute atomic E-state index is 5.98. The van der Waals surface area contributed by atoms with E-state index in [1.807, 2.05) is 24.4 Å². The number of pyridine rings is 2. The lowest BCUT2D eigenvalue weighted by Gasteiger charge is -2.36. The van der Waals surface area contributed by atoms with Crippen molar-refractivity contribution in [1.29, 1.82) is 0 Å². The van der Waals surface area contributed by atoms with Crippen LogP contribution in [0.1, 0.15) is 6.92 Å². The quantitative estimate of drug-likeness (QED) is 0.488. The molecule has 4 aromatic rings. The van der Waals surface area contributed by atoms with Crippen molar-refractivity contribution in [3.63, 3.8) is 0 Å². The molecular weight excluding hydrogens is 373 g/mol. The Kier molecular flexibility index (Phi) is 3.65. The zero-order chi connectivity index (χ0) is 20.2. The van der Waals surface area contributed by atoms with Crippen molar-refractivity contribution < 1.29 is 4.42 Å². The van der Waals surface area contributed by atoms with Crippen LogP contribution in [0.2, 0.25) is 0 Å². The zero-order valence-electron chi connectivity index (χ0n) is 16.8. The minimum absolute atomic E-state index is 0.0187. The predicted molar refractivity (Wildman–Crippen MR) is 120 cm³/mol. The van der Waals surface area contributed by atoms with Crippen molar-refractivity contribution in [3.8, 4) is 0 Å². The molecule has 0 saturated carbocycles. The maximum atomic E-state index is 5.98. The van der Waals surface area contributed by atoms with Gasteiger partial charge in [0.25, 0.3) is 0 Å². The molecule has 0 saturated heterocycles. The SMILES string of the molecule is C[C@@H]1N(B2C=c3c(oc4ncccc34)=CN2C)c2cccnc2N1c1ccccc1. The number of anilines is 3. The summed E-state index contributed by atoms with van der Waals surface area (Å²) in [6.07, 6.45) is 5.78. The van der Waals surface area contributed by atoms with E-state index in [4.69, 9.17) is 9.40 Å². The summed E-state index contributed by atoms with van der Waals surface area (Å²) in [4.78, 5) is 16.0. The van der Waals surface area contributed by atoms with Crippen LogP contribution in [0.15, 0.2) is 71.4 Å². The number of aromatic nitrogens is 2. The van der Waals surface area contributed by atoms with E-state index < -0.39 is 0 Å². The van der Waals surface area contributed by atoms with Gasteiger partial charge in [-0.05, 0) is 50.4 Å². The molecule has 0 aliphatic carbocycles. The van der Waals surface area contributed by atoms with Crippen LogP contribution in [-0.2, 0) is 0 Å². The first-order valence-electron chi connectivity index (χ1n) is 10.1. The summed E-state index contributed by atoms with van der Waals surface area (Å²) in [7, 11) is 2.08. The number of para-hydroxylation sites is 1. The van der Waals surface area contributed by atoms with Crippen LogP contribution >= 0.6 is 0 Å². The Bertz CT molecular complexity index is 1370. The van der Waals surface area contributed by atoms with Crippen molar-refractivity contribution in [2.75, 3.05) is 16.8 Å². The van der Waals surface area contributed by atoms with Gasteiger partial charge < -0.3 is 18.9 Å². The van der Waals surface area contributed by atoms with E-state index in [-0.39, 0.29) is 13.1 Å². The molecule has 0 unspecified atom stereocenters. The lowest BCUT2D eigenvalue weighted by atomic mass is 9.69. The summed E-state index contributed by atoms with van der Waals surface area (Å²) >= 11 is 0. The van der Waals surface area contributed by atoms with Gasteiger partial charge in [-0.2, -0.15) is 0 Å². The Balaban J connectivity index is 1.52. The first kappa shape index (κ1) is 17.2. The van der Waals surface area contributed by atoms with Gasteiger partial charge in [0.05, 0.1) is 11.9 Å². The fourth-order valence-electron chi connectivity index (χ4n) is 4.61. The first-order valence-corrected chi connectivity index (χ1v) is 10.1. The Morgan fingerprint density at radius 2 is 1.77 bits per heavy atom. The molecule has 6 rings (SSSR count). The summed E-state index contributed by atoms with van der Waals surface area (Å²) < 4.78 is 5.98. The summed E-state index contributed by atoms with van der Waals surface area (Å²) in [5, 5.41) is 2.14. The van der Waals surface area contributed by atoms with E-state index in [1.165, 1.54) is 0 Å². The van der Waals surface area contributed by atoms with Gasteiger partial charge in [-0.3, -0.25) is 0 Å². The van der Waals surface area contributed by atoms with E-state index in [1.54, 1.807) is 6.20 Å². The van der Waals surface area contributed by atoms with Gasteiger partial charge in [-0.25, -0.2) is 9.97 Å². The van der Waals surface area contributed by atoms with E-state index in [2.05, 4.69) is 82.1 Å². The number of nitrogens with zero attached hydrogens (tertiary/aromatic N) is 5. The summed E-state index contributed by atoms with van der Waals surface area (Å²) in [5.41, 5.74) is 3.77. The zero-order valence-corrected chi connectivity index (χ0v) is 16.8. The van der Waals surface area contributed by atoms with Crippen molar-refractivity contribution >= 4 is 47.5 Å². The van der Waals surface area contributed by atoms with Crippen molar-refractivity contribution in [3.05, 3.63) is 77.6 Å². The average molecular weight is 393 g/mol. The van der Waals surface area contributed by atoms with Crippen LogP contribution in [0.25, 0.3) is 23.3 Å². The Hall–Kier alpha value is -3.74. The lowest BCUT2D eigenvalue weighted by Crippen LogP contribution is -2.56. The number of fused-ring (bicyclic) bond motifs is 4. The van der Waals surface area contributed by atoms with Gasteiger partial charge in [-0.1, -0.05) is 24.2 Å². The Morgan fingerprint density at radius 1 is 0.967 bits per heavy atom. The van der Waals surface area contributed by atoms with Crippen LogP contribution in [0.5, 0.6) is 0 Å². The number of benzene rings is 1. The third kappa shape index (κ3) is 2.38. The molecular formula is C23H20BN5O. The molecule has 2 aliphatic rings. The monoisotopic (exact) mass is 393 g/mol. The molecule has 30 heavy (non-hydrogen) atoms. The molecule has 6 nitrogen and oxygen atoms in total. The molecule has 2 aliphatic heterocycles. The van der Waals surface area contributed by atoms with Gasteiger partial charge in [0.1, 0.15) is 0 Å². The van der Waals surface area contributed by atoms with E-state index in [0.717, 1.165) is 33.2 Å². The van der Waals surface area contributed by atoms with Gasteiger partial charge in [-0.15, -0.1) is 0 Å². The minimum Gasteiger partial charge on any atom is -0.436 e. The largest absolute Gasteiger partial charge is 0.436 e. The van der Waals surface area contributed by atoms with Crippen LogP contribution in [0.4, 0.5) is 17.2 Å². The van der Waals surface area contributed by atoms with Crippen LogP contribution < -0.4 is 20.3 Å². The van der Waals surface area contributed by atoms with Gasteiger partial charge in [0.2, 0.25) is 5.71 Å². The highest BCUT2D eigenvalue weighted by Crippen LogP contribution is 2.43. The fourth-order valence-corrected chi connectivity index (χ4v) is 4.61. The maximum Gasteiger partial charge on any atom is 0.405 e. The molecule has 0 bridgehead atoms. The number of rotatable bonds is 2. The van der Waals surface area contributed by atoms with E-state index >= 15 is 0 Å². The first-order chi connectivity index (χ1) is 14.7. The Labute approximate surface area is 174 Å². The van der Waals surface area contributed by atoms with Crippen molar-refractivity contribution in [2.45, 2.75) is 13.1 Å². The second kappa shape index (κ2) is 6.39. The van der Waals surface area contributed by atoms with Crippen molar-refractivity contribution in [2.24, 2.45) is 0 Å². The topological polar surface area (TPSA) is 48.6 Å². The molecule has 0 amide bonds. The fraction of sp³-hybridized carbons (Fsp3) is 0.130. The highest BCUT2D eigenvalue weighted by molar-refractivity contribution is 6.75. The van der Waals surface area contributed by atoms with E-state index in [9.17, 15) is 0 Å². The summed E-state index contributed by atoms with van der Waals surface area (Å²) in [6.45, 7) is 2.24. The molecule has 1 aromatic carbocycles. The smallest absolute Gasteiger partial charge is 0.405 e. The van der Waals surface area contributed by atoms with Crippen LogP contribution in [0.3, 0.4) is 0 Å². The van der Waals surface area contributed by atoms with Crippen molar-refractivity contribution in [1.82, 2.24) is 14.8 Å². The number of hydrogen-bond donors (Lipinski definition) is 0. The molecule has 1 atom stereocenters. The third-order valence-corrected chi connectivity index (χ3v) is 5.96. The lowest BCUT2D eigenvalue weighted by molar-refractivity contribution is 0.551. The normalized spacial score (nSPS) is 17.6. The molecule has 0 N–H and O–H groups in total. The van der Waals surface area contributed by atoms with Crippen LogP contribution in [0, 0.1) is 0 Å². The van der Waals surface area contributed by atoms with Crippen LogP contribution in [-0.4, -0.2) is 35.0 Å². The number of furan rings is 1. The van der Waals surface area contributed by atoms with Gasteiger partial charge >= 0.3 is 6.98 Å². The molecule has 0 spiro atoms. The second-order valence-corrected chi connectivity index (χ2v) is 7.70. The highest BCUT2D eigenvalue weighted by Gasteiger charge is 2.42. The summed E-state index contributed by atoms with van der Waals surface area (Å²) in [5.74, 6) is 3.24. The van der Waals surface area contributed by atoms with E-state index in [0.29, 0.717) is 5.71 Å². The molecule has 3 aromatic heterocycles. The molecule has 146 valence electrons. The molecule has 0 fully saturated rings. The third-order valence-electron chi connectivity index (χ3n) is 5.96. The Morgan fingerprint density at radius 3 is 2.63 bits per heavy atom. The standard InChI is InChI=1S/C23H20BN5O/c1-16-28(17-8-4-3-5-9-17)22-20(11-7-12-25-22)29(16)24-14-19-18-10-6-13-26-23(18)30-21(19)15-27(24)2/h3-16H,1-2H3/t16-/m0/s1. The predicted octanol–water partition coefficient (Wildman–Crippen LogP) is 2.72. The molecule has 7 heteroatoms. The highest BCUT2D eigenvalue weighted by atomic mass is 16.3. The minimum atomic E-state index is 0.0187. The van der Waals surface area contributed by atoms with Gasteiger partial charge in [0, 0.05) is 34.9 Å². The average Bonchev–Trinajstić information content (AvgIpc) is 3.27.